The molecule has 0 spiro atoms. The van der Waals surface area contributed by atoms with Crippen molar-refractivity contribution < 1.29 is 14.7 Å². The van der Waals surface area contributed by atoms with Gasteiger partial charge in [0.1, 0.15) is 5.65 Å². The zero-order valence-electron chi connectivity index (χ0n) is 11.6. The van der Waals surface area contributed by atoms with E-state index in [0.29, 0.717) is 19.5 Å². The minimum atomic E-state index is -0.816. The first-order chi connectivity index (χ1) is 10.1. The van der Waals surface area contributed by atoms with Crippen molar-refractivity contribution in [3.63, 3.8) is 0 Å². The molecule has 1 unspecified atom stereocenters. The van der Waals surface area contributed by atoms with Gasteiger partial charge >= 0.3 is 5.97 Å². The molecule has 2 aromatic heterocycles. The Kier molecular flexibility index (Phi) is 3.60. The van der Waals surface area contributed by atoms with Gasteiger partial charge in [-0.1, -0.05) is 0 Å². The van der Waals surface area contributed by atoms with Crippen molar-refractivity contribution in [3.8, 4) is 0 Å². The van der Waals surface area contributed by atoms with E-state index in [1.807, 2.05) is 12.1 Å². The zero-order chi connectivity index (χ0) is 14.8. The van der Waals surface area contributed by atoms with Crippen molar-refractivity contribution in [1.82, 2.24) is 14.9 Å². The van der Waals surface area contributed by atoms with E-state index in [9.17, 15) is 9.59 Å². The van der Waals surface area contributed by atoms with E-state index in [4.69, 9.17) is 5.11 Å². The number of carboxylic acid groups (broad SMARTS) is 1. The van der Waals surface area contributed by atoms with Crippen LogP contribution < -0.4 is 0 Å². The number of aromatic amines is 1. The number of carboxylic acids is 1. The molecule has 1 aliphatic rings. The number of fused-ring (bicyclic) bond motifs is 1. The predicted molar refractivity (Wildman–Crippen MR) is 76.7 cm³/mol. The normalized spacial score (nSPS) is 18.9. The van der Waals surface area contributed by atoms with Gasteiger partial charge in [-0.3, -0.25) is 9.59 Å². The maximum Gasteiger partial charge on any atom is 0.308 e. The van der Waals surface area contributed by atoms with Crippen molar-refractivity contribution >= 4 is 22.9 Å². The Balaban J connectivity index is 1.72. The Morgan fingerprint density at radius 2 is 2.33 bits per heavy atom. The highest BCUT2D eigenvalue weighted by molar-refractivity contribution is 5.87. The first-order valence-electron chi connectivity index (χ1n) is 7.06. The Hall–Kier alpha value is -2.37. The van der Waals surface area contributed by atoms with Crippen molar-refractivity contribution in [3.05, 3.63) is 30.1 Å². The van der Waals surface area contributed by atoms with Crippen LogP contribution in [-0.2, 0) is 16.0 Å². The lowest BCUT2D eigenvalue weighted by Crippen LogP contribution is -2.42. The van der Waals surface area contributed by atoms with Crippen molar-refractivity contribution in [2.45, 2.75) is 19.3 Å². The lowest BCUT2D eigenvalue weighted by molar-refractivity contribution is -0.145. The summed E-state index contributed by atoms with van der Waals surface area (Å²) >= 11 is 0. The Bertz CT molecular complexity index is 680. The molecule has 110 valence electrons. The molecule has 0 aliphatic carbocycles. The summed E-state index contributed by atoms with van der Waals surface area (Å²) in [4.78, 5) is 32.3. The molecule has 6 nitrogen and oxygen atoms in total. The molecule has 1 aliphatic heterocycles. The minimum Gasteiger partial charge on any atom is -0.481 e. The van der Waals surface area contributed by atoms with Gasteiger partial charge in [0.2, 0.25) is 5.91 Å². The molecule has 6 heteroatoms. The van der Waals surface area contributed by atoms with Crippen LogP contribution >= 0.6 is 0 Å². The van der Waals surface area contributed by atoms with Crippen LogP contribution in [0.1, 0.15) is 18.4 Å². The van der Waals surface area contributed by atoms with E-state index in [0.717, 1.165) is 23.0 Å². The molecule has 0 bridgehead atoms. The van der Waals surface area contributed by atoms with Crippen LogP contribution in [0.5, 0.6) is 0 Å². The fourth-order valence-corrected chi connectivity index (χ4v) is 2.84. The summed E-state index contributed by atoms with van der Waals surface area (Å²) < 4.78 is 0. The van der Waals surface area contributed by atoms with Gasteiger partial charge < -0.3 is 15.0 Å². The quantitative estimate of drug-likeness (QED) is 0.894. The van der Waals surface area contributed by atoms with Crippen LogP contribution in [0.25, 0.3) is 11.0 Å². The molecule has 1 fully saturated rings. The number of likely N-dealkylation sites (tertiary alicyclic amines) is 1. The van der Waals surface area contributed by atoms with Crippen molar-refractivity contribution in [2.75, 3.05) is 13.1 Å². The minimum absolute atomic E-state index is 0.0225. The van der Waals surface area contributed by atoms with Gasteiger partial charge in [0.25, 0.3) is 0 Å². The van der Waals surface area contributed by atoms with Crippen LogP contribution in [0, 0.1) is 5.92 Å². The Labute approximate surface area is 121 Å². The topological polar surface area (TPSA) is 86.3 Å². The molecule has 2 aromatic rings. The summed E-state index contributed by atoms with van der Waals surface area (Å²) in [5.41, 5.74) is 1.67. The number of carbonyl (C=O) groups excluding carboxylic acids is 1. The standard InChI is InChI=1S/C15H17N3O3/c19-13(18-6-2-3-10(9-18)15(20)21)7-11-8-17-14-12(11)4-1-5-16-14/h1,4-5,8,10H,2-3,6-7,9H2,(H,16,17)(H,20,21). The van der Waals surface area contributed by atoms with Crippen LogP contribution in [0.2, 0.25) is 0 Å². The largest absolute Gasteiger partial charge is 0.481 e. The number of nitrogens with one attached hydrogen (secondary N) is 1. The monoisotopic (exact) mass is 287 g/mol. The number of rotatable bonds is 3. The molecular formula is C15H17N3O3. The number of piperidine rings is 1. The number of carbonyl (C=O) groups is 2. The number of aromatic nitrogens is 2. The summed E-state index contributed by atoms with van der Waals surface area (Å²) in [6, 6.07) is 3.77. The second-order valence-corrected chi connectivity index (χ2v) is 5.41. The Morgan fingerprint density at radius 3 is 3.14 bits per heavy atom. The van der Waals surface area contributed by atoms with E-state index in [1.54, 1.807) is 17.3 Å². The predicted octanol–water partition coefficient (Wildman–Crippen LogP) is 1.43. The Morgan fingerprint density at radius 1 is 1.48 bits per heavy atom. The first kappa shape index (κ1) is 13.6. The van der Waals surface area contributed by atoms with Crippen LogP contribution in [0.4, 0.5) is 0 Å². The molecule has 0 aromatic carbocycles. The van der Waals surface area contributed by atoms with Gasteiger partial charge in [0, 0.05) is 30.9 Å². The van der Waals surface area contributed by atoms with E-state index < -0.39 is 11.9 Å². The van der Waals surface area contributed by atoms with Gasteiger partial charge in [-0.05, 0) is 30.5 Å². The van der Waals surface area contributed by atoms with Crippen molar-refractivity contribution in [2.24, 2.45) is 5.92 Å². The number of hydrogen-bond acceptors (Lipinski definition) is 3. The zero-order valence-corrected chi connectivity index (χ0v) is 11.6. The number of pyridine rings is 1. The second-order valence-electron chi connectivity index (χ2n) is 5.41. The third kappa shape index (κ3) is 2.74. The van der Waals surface area contributed by atoms with Gasteiger partial charge in [-0.2, -0.15) is 0 Å². The summed E-state index contributed by atoms with van der Waals surface area (Å²) in [5.74, 6) is -1.28. The average molecular weight is 287 g/mol. The third-order valence-electron chi connectivity index (χ3n) is 4.00. The van der Waals surface area contributed by atoms with Crippen LogP contribution in [-0.4, -0.2) is 44.9 Å². The highest BCUT2D eigenvalue weighted by atomic mass is 16.4. The smallest absolute Gasteiger partial charge is 0.308 e. The maximum absolute atomic E-state index is 12.4. The van der Waals surface area contributed by atoms with Gasteiger partial charge in [0.05, 0.1) is 12.3 Å². The fourth-order valence-electron chi connectivity index (χ4n) is 2.84. The molecule has 3 heterocycles. The lowest BCUT2D eigenvalue weighted by Gasteiger charge is -2.30. The van der Waals surface area contributed by atoms with Gasteiger partial charge in [-0.15, -0.1) is 0 Å². The first-order valence-corrected chi connectivity index (χ1v) is 7.06. The summed E-state index contributed by atoms with van der Waals surface area (Å²) in [6.07, 6.45) is 5.17. The molecule has 0 radical (unpaired) electrons. The summed E-state index contributed by atoms with van der Waals surface area (Å²) in [6.45, 7) is 0.956. The molecule has 1 atom stereocenters. The highest BCUT2D eigenvalue weighted by Crippen LogP contribution is 2.20. The summed E-state index contributed by atoms with van der Waals surface area (Å²) in [7, 11) is 0. The van der Waals surface area contributed by atoms with E-state index in [2.05, 4.69) is 9.97 Å². The highest BCUT2D eigenvalue weighted by Gasteiger charge is 2.28. The second kappa shape index (κ2) is 5.55. The van der Waals surface area contributed by atoms with Crippen LogP contribution in [0.15, 0.2) is 24.5 Å². The van der Waals surface area contributed by atoms with Gasteiger partial charge in [0.15, 0.2) is 0 Å². The molecule has 21 heavy (non-hydrogen) atoms. The molecule has 1 amide bonds. The summed E-state index contributed by atoms with van der Waals surface area (Å²) in [5, 5.41) is 10.0. The number of aliphatic carboxylic acids is 1. The number of amides is 1. The van der Waals surface area contributed by atoms with Gasteiger partial charge in [-0.25, -0.2) is 4.98 Å². The lowest BCUT2D eigenvalue weighted by atomic mass is 9.97. The van der Waals surface area contributed by atoms with E-state index in [-0.39, 0.29) is 12.3 Å². The fraction of sp³-hybridized carbons (Fsp3) is 0.400. The molecule has 0 saturated carbocycles. The third-order valence-corrected chi connectivity index (χ3v) is 4.00. The molecular weight excluding hydrogens is 270 g/mol. The SMILES string of the molecule is O=C(O)C1CCCN(C(=O)Cc2c[nH]c3ncccc23)C1. The number of nitrogens with zero attached hydrogens (tertiary/aromatic N) is 2. The number of hydrogen-bond donors (Lipinski definition) is 2. The molecule has 1 saturated heterocycles. The number of H-pyrrole nitrogens is 1. The van der Waals surface area contributed by atoms with E-state index in [1.165, 1.54) is 0 Å². The van der Waals surface area contributed by atoms with E-state index >= 15 is 0 Å². The molecule has 3 rings (SSSR count). The van der Waals surface area contributed by atoms with Crippen LogP contribution in [0.3, 0.4) is 0 Å². The van der Waals surface area contributed by atoms with Crippen molar-refractivity contribution in [1.29, 1.82) is 0 Å². The maximum atomic E-state index is 12.4. The molecule has 2 N–H and O–H groups in total. The average Bonchev–Trinajstić information content (AvgIpc) is 2.91.